The van der Waals surface area contributed by atoms with Crippen molar-refractivity contribution in [3.8, 4) is 27.9 Å². The van der Waals surface area contributed by atoms with Crippen molar-refractivity contribution in [2.45, 2.75) is 19.3 Å². The van der Waals surface area contributed by atoms with E-state index in [9.17, 15) is 0 Å². The zero-order valence-corrected chi connectivity index (χ0v) is 30.9. The van der Waals surface area contributed by atoms with Crippen LogP contribution in [0.4, 0.5) is 17.1 Å². The molecule has 0 saturated carbocycles. The van der Waals surface area contributed by atoms with Crippen LogP contribution < -0.4 is 4.90 Å². The Balaban J connectivity index is 1.08. The first kappa shape index (κ1) is 31.1. The molecule has 0 radical (unpaired) electrons. The zero-order chi connectivity index (χ0) is 36.0. The Bertz CT molecular complexity index is 3070. The van der Waals surface area contributed by atoms with Gasteiger partial charge in [-0.1, -0.05) is 129 Å². The van der Waals surface area contributed by atoms with E-state index in [1.54, 1.807) is 0 Å². The van der Waals surface area contributed by atoms with Gasteiger partial charge in [0.25, 0.3) is 0 Å². The van der Waals surface area contributed by atoms with Crippen molar-refractivity contribution >= 4 is 70.4 Å². The number of anilines is 3. The van der Waals surface area contributed by atoms with Gasteiger partial charge < -0.3 is 9.47 Å². The van der Waals surface area contributed by atoms with Gasteiger partial charge in [-0.2, -0.15) is 0 Å². The molecule has 0 fully saturated rings. The lowest BCUT2D eigenvalue weighted by molar-refractivity contribution is 0.660. The molecule has 0 spiro atoms. The molecule has 0 aliphatic heterocycles. The third-order valence-electron chi connectivity index (χ3n) is 11.6. The summed E-state index contributed by atoms with van der Waals surface area (Å²) in [5, 5.41) is 5.16. The van der Waals surface area contributed by atoms with E-state index in [1.165, 1.54) is 81.0 Å². The minimum Gasteiger partial charge on any atom is -0.310 e. The summed E-state index contributed by atoms with van der Waals surface area (Å²) < 4.78 is 5.01. The Hall–Kier alpha value is -6.42. The Morgan fingerprint density at radius 3 is 1.94 bits per heavy atom. The molecule has 0 bridgehead atoms. The Kier molecular flexibility index (Phi) is 6.80. The van der Waals surface area contributed by atoms with Gasteiger partial charge in [0.05, 0.1) is 11.0 Å². The summed E-state index contributed by atoms with van der Waals surface area (Å²) in [5.41, 5.74) is 14.8. The van der Waals surface area contributed by atoms with Crippen LogP contribution in [0.1, 0.15) is 25.0 Å². The van der Waals surface area contributed by atoms with Crippen LogP contribution in [0.5, 0.6) is 0 Å². The van der Waals surface area contributed by atoms with Crippen LogP contribution in [0.15, 0.2) is 182 Å². The van der Waals surface area contributed by atoms with Gasteiger partial charge in [0.1, 0.15) is 0 Å². The van der Waals surface area contributed by atoms with E-state index in [0.717, 1.165) is 17.1 Å². The molecule has 1 aliphatic rings. The van der Waals surface area contributed by atoms with E-state index >= 15 is 0 Å². The SMILES string of the molecule is CC1(C)c2ccccc2-c2ccc(N(c3ccc(-c4cccc5c4c4ccccc4n5-c4ccccc4)cc3)c3ccc4c(c3)sc3ccccc34)cc21. The lowest BCUT2D eigenvalue weighted by Gasteiger charge is -2.28. The number of aromatic nitrogens is 1. The highest BCUT2D eigenvalue weighted by atomic mass is 32.1. The Morgan fingerprint density at radius 1 is 0.444 bits per heavy atom. The van der Waals surface area contributed by atoms with Crippen molar-refractivity contribution in [3.05, 3.63) is 193 Å². The molecule has 0 atom stereocenters. The second kappa shape index (κ2) is 11.8. The van der Waals surface area contributed by atoms with Crippen LogP contribution in [-0.4, -0.2) is 4.57 Å². The molecule has 2 aromatic heterocycles. The fourth-order valence-electron chi connectivity index (χ4n) is 9.04. The molecular formula is C51H36N2S. The predicted octanol–water partition coefficient (Wildman–Crippen LogP) is 14.6. The van der Waals surface area contributed by atoms with Crippen LogP contribution in [0.3, 0.4) is 0 Å². The van der Waals surface area contributed by atoms with Crippen LogP contribution in [0.2, 0.25) is 0 Å². The maximum Gasteiger partial charge on any atom is 0.0547 e. The van der Waals surface area contributed by atoms with Crippen molar-refractivity contribution in [2.75, 3.05) is 4.90 Å². The highest BCUT2D eigenvalue weighted by molar-refractivity contribution is 7.25. The second-order valence-corrected chi connectivity index (χ2v) is 16.0. The molecule has 10 aromatic rings. The van der Waals surface area contributed by atoms with Gasteiger partial charge in [-0.05, 0) is 100 Å². The zero-order valence-electron chi connectivity index (χ0n) is 30.1. The lowest BCUT2D eigenvalue weighted by Crippen LogP contribution is -2.16. The number of nitrogens with zero attached hydrogens (tertiary/aromatic N) is 2. The van der Waals surface area contributed by atoms with E-state index < -0.39 is 0 Å². The van der Waals surface area contributed by atoms with Gasteiger partial charge in [-0.25, -0.2) is 0 Å². The van der Waals surface area contributed by atoms with Gasteiger partial charge in [0.2, 0.25) is 0 Å². The summed E-state index contributed by atoms with van der Waals surface area (Å²) in [6.45, 7) is 4.72. The summed E-state index contributed by atoms with van der Waals surface area (Å²) in [6, 6.07) is 67.1. The standard InChI is InChI=1S/C51H36N2S/c1-51(2)44-19-9-6-15-39(44)40-29-27-36(31-45(40)51)52(37-28-30-42-41-16-8-11-22-48(41)54-49(42)32-37)35-25-23-33(24-26-35)38-18-12-21-47-50(38)43-17-7-10-20-46(43)53(47)34-13-4-3-5-14-34/h3-32H,1-2H3. The molecule has 11 rings (SSSR count). The smallest absolute Gasteiger partial charge is 0.0547 e. The monoisotopic (exact) mass is 708 g/mol. The topological polar surface area (TPSA) is 8.17 Å². The molecule has 3 heteroatoms. The van der Waals surface area contributed by atoms with E-state index in [4.69, 9.17) is 0 Å². The maximum absolute atomic E-state index is 2.44. The minimum atomic E-state index is -0.0928. The molecule has 54 heavy (non-hydrogen) atoms. The van der Waals surface area contributed by atoms with E-state index in [-0.39, 0.29) is 5.41 Å². The molecule has 1 aliphatic carbocycles. The highest BCUT2D eigenvalue weighted by Gasteiger charge is 2.35. The van der Waals surface area contributed by atoms with Crippen LogP contribution in [0, 0.1) is 0 Å². The van der Waals surface area contributed by atoms with Crippen LogP contribution >= 0.6 is 11.3 Å². The highest BCUT2D eigenvalue weighted by Crippen LogP contribution is 2.51. The number of hydrogen-bond acceptors (Lipinski definition) is 2. The molecule has 8 aromatic carbocycles. The number of fused-ring (bicyclic) bond motifs is 9. The minimum absolute atomic E-state index is 0.0928. The third kappa shape index (κ3) is 4.58. The van der Waals surface area contributed by atoms with Crippen molar-refractivity contribution < 1.29 is 0 Å². The molecule has 2 heterocycles. The molecule has 0 unspecified atom stereocenters. The predicted molar refractivity (Wildman–Crippen MR) is 231 cm³/mol. The third-order valence-corrected chi connectivity index (χ3v) is 12.7. The first-order chi connectivity index (χ1) is 26.5. The molecule has 0 N–H and O–H groups in total. The Morgan fingerprint density at radius 2 is 1.07 bits per heavy atom. The fourth-order valence-corrected chi connectivity index (χ4v) is 10.2. The summed E-state index contributed by atoms with van der Waals surface area (Å²) in [6.07, 6.45) is 0. The molecular weight excluding hydrogens is 673 g/mol. The van der Waals surface area contributed by atoms with Crippen LogP contribution in [0.25, 0.3) is 69.9 Å². The summed E-state index contributed by atoms with van der Waals surface area (Å²) in [5.74, 6) is 0. The number of rotatable bonds is 5. The van der Waals surface area contributed by atoms with Crippen molar-refractivity contribution in [1.82, 2.24) is 4.57 Å². The summed E-state index contributed by atoms with van der Waals surface area (Å²) >= 11 is 1.87. The first-order valence-corrected chi connectivity index (χ1v) is 19.5. The van der Waals surface area contributed by atoms with E-state index in [2.05, 4.69) is 205 Å². The first-order valence-electron chi connectivity index (χ1n) is 18.7. The van der Waals surface area contributed by atoms with Crippen molar-refractivity contribution in [2.24, 2.45) is 0 Å². The molecule has 2 nitrogen and oxygen atoms in total. The average molecular weight is 709 g/mol. The van der Waals surface area contributed by atoms with E-state index in [1.807, 2.05) is 11.3 Å². The number of para-hydroxylation sites is 2. The lowest BCUT2D eigenvalue weighted by atomic mass is 9.82. The van der Waals surface area contributed by atoms with Gasteiger partial charge in [-0.15, -0.1) is 11.3 Å². The number of thiophene rings is 1. The Labute approximate surface area is 318 Å². The van der Waals surface area contributed by atoms with Crippen LogP contribution in [-0.2, 0) is 5.41 Å². The maximum atomic E-state index is 2.44. The number of hydrogen-bond donors (Lipinski definition) is 0. The largest absolute Gasteiger partial charge is 0.310 e. The van der Waals surface area contributed by atoms with Crippen molar-refractivity contribution in [1.29, 1.82) is 0 Å². The van der Waals surface area contributed by atoms with Gasteiger partial charge >= 0.3 is 0 Å². The van der Waals surface area contributed by atoms with Gasteiger partial charge in [0, 0.05) is 59.1 Å². The second-order valence-electron chi connectivity index (χ2n) is 14.9. The number of benzene rings is 8. The summed E-state index contributed by atoms with van der Waals surface area (Å²) in [7, 11) is 0. The normalized spacial score (nSPS) is 13.1. The molecule has 256 valence electrons. The average Bonchev–Trinajstić information content (AvgIpc) is 3.84. The fraction of sp³-hybridized carbons (Fsp3) is 0.0588. The quantitative estimate of drug-likeness (QED) is 0.173. The van der Waals surface area contributed by atoms with Gasteiger partial charge in [0.15, 0.2) is 0 Å². The van der Waals surface area contributed by atoms with Gasteiger partial charge in [-0.3, -0.25) is 0 Å². The summed E-state index contributed by atoms with van der Waals surface area (Å²) in [4.78, 5) is 2.44. The molecule has 0 saturated heterocycles. The molecule has 0 amide bonds. The van der Waals surface area contributed by atoms with E-state index in [0.29, 0.717) is 0 Å². The van der Waals surface area contributed by atoms with Crippen molar-refractivity contribution in [3.63, 3.8) is 0 Å².